The van der Waals surface area contributed by atoms with Crippen molar-refractivity contribution in [1.82, 2.24) is 24.4 Å². The lowest BCUT2D eigenvalue weighted by Crippen LogP contribution is -2.28. The summed E-state index contributed by atoms with van der Waals surface area (Å²) >= 11 is 0. The van der Waals surface area contributed by atoms with Gasteiger partial charge in [-0.05, 0) is 13.6 Å². The van der Waals surface area contributed by atoms with Crippen LogP contribution in [-0.4, -0.2) is 51.7 Å². The number of nitrogens with zero attached hydrogens (tertiary/aromatic N) is 5. The highest BCUT2D eigenvalue weighted by molar-refractivity contribution is 5.81. The van der Waals surface area contributed by atoms with Crippen molar-refractivity contribution >= 4 is 17.0 Å². The highest BCUT2D eigenvalue weighted by atomic mass is 16.5. The number of ether oxygens (including phenoxy) is 1. The first-order valence-electron chi connectivity index (χ1n) is 8.81. The van der Waals surface area contributed by atoms with E-state index in [-0.39, 0.29) is 6.23 Å². The third kappa shape index (κ3) is 6.80. The number of imidazole rings is 1. The van der Waals surface area contributed by atoms with Crippen molar-refractivity contribution in [2.75, 3.05) is 33.0 Å². The second-order valence-electron chi connectivity index (χ2n) is 4.13. The lowest BCUT2D eigenvalue weighted by atomic mass is 10.4. The lowest BCUT2D eigenvalue weighted by Gasteiger charge is -2.22. The van der Waals surface area contributed by atoms with Crippen LogP contribution < -0.4 is 5.73 Å². The van der Waals surface area contributed by atoms with Gasteiger partial charge >= 0.3 is 0 Å². The van der Waals surface area contributed by atoms with E-state index in [4.69, 9.17) is 10.5 Å². The van der Waals surface area contributed by atoms with E-state index in [0.717, 1.165) is 13.1 Å². The monoisotopic (exact) mass is 340 g/mol. The van der Waals surface area contributed by atoms with Gasteiger partial charge in [0.1, 0.15) is 18.1 Å². The maximum absolute atomic E-state index is 5.76. The van der Waals surface area contributed by atoms with Crippen LogP contribution in [0.2, 0.25) is 0 Å². The number of nitrogens with two attached hydrogens (primary N) is 1. The average Bonchev–Trinajstić information content (AvgIpc) is 3.10. The minimum atomic E-state index is -0.144. The van der Waals surface area contributed by atoms with Crippen molar-refractivity contribution < 1.29 is 4.74 Å². The maximum atomic E-state index is 5.76. The maximum Gasteiger partial charge on any atom is 0.167 e. The zero-order chi connectivity index (χ0) is 19.1. The minimum absolute atomic E-state index is 0.144. The van der Waals surface area contributed by atoms with Crippen LogP contribution in [0.3, 0.4) is 0 Å². The molecule has 2 heterocycles. The Kier molecular flexibility index (Phi) is 15.2. The van der Waals surface area contributed by atoms with E-state index in [1.54, 1.807) is 13.4 Å². The van der Waals surface area contributed by atoms with Crippen molar-refractivity contribution in [3.63, 3.8) is 0 Å². The summed E-state index contributed by atoms with van der Waals surface area (Å²) in [5, 5.41) is 0. The molecule has 0 spiro atoms. The van der Waals surface area contributed by atoms with E-state index in [0.29, 0.717) is 17.0 Å². The molecule has 2 aromatic rings. The van der Waals surface area contributed by atoms with Gasteiger partial charge in [0.05, 0.1) is 6.33 Å². The molecule has 0 bridgehead atoms. The molecule has 0 fully saturated rings. The van der Waals surface area contributed by atoms with E-state index in [1.165, 1.54) is 6.33 Å². The quantitative estimate of drug-likeness (QED) is 0.896. The summed E-state index contributed by atoms with van der Waals surface area (Å²) in [6.07, 6.45) is 2.98. The van der Waals surface area contributed by atoms with E-state index in [1.807, 2.05) is 53.2 Å². The van der Waals surface area contributed by atoms with Gasteiger partial charge in [-0.15, -0.1) is 0 Å². The largest absolute Gasteiger partial charge is 0.382 e. The molecule has 0 amide bonds. The number of anilines is 1. The van der Waals surface area contributed by atoms with Crippen molar-refractivity contribution in [3.05, 3.63) is 12.7 Å². The molecule has 2 rings (SSSR count). The van der Waals surface area contributed by atoms with Crippen LogP contribution in [0.15, 0.2) is 12.7 Å². The Morgan fingerprint density at radius 1 is 1.12 bits per heavy atom. The van der Waals surface area contributed by atoms with Crippen molar-refractivity contribution in [1.29, 1.82) is 0 Å². The molecule has 2 aromatic heterocycles. The van der Waals surface area contributed by atoms with Gasteiger partial charge in [0.2, 0.25) is 0 Å². The van der Waals surface area contributed by atoms with Gasteiger partial charge in [-0.2, -0.15) is 0 Å². The highest BCUT2D eigenvalue weighted by Gasteiger charge is 2.17. The van der Waals surface area contributed by atoms with Crippen LogP contribution >= 0.6 is 0 Å². The second-order valence-corrected chi connectivity index (χ2v) is 4.13. The van der Waals surface area contributed by atoms with Crippen LogP contribution in [0.5, 0.6) is 0 Å². The zero-order valence-electron chi connectivity index (χ0n) is 16.9. The summed E-state index contributed by atoms with van der Waals surface area (Å²) in [7, 11) is 3.71. The fourth-order valence-corrected chi connectivity index (χ4v) is 1.75. The Morgan fingerprint density at radius 2 is 1.71 bits per heavy atom. The molecule has 7 nitrogen and oxygen atoms in total. The molecule has 1 atom stereocenters. The molecular formula is C17H36N6O. The Morgan fingerprint density at radius 3 is 2.21 bits per heavy atom. The minimum Gasteiger partial charge on any atom is -0.382 e. The second kappa shape index (κ2) is 14.8. The number of rotatable bonds is 5. The Bertz CT molecular complexity index is 529. The summed E-state index contributed by atoms with van der Waals surface area (Å²) in [4.78, 5) is 14.5. The van der Waals surface area contributed by atoms with Crippen LogP contribution in [0.25, 0.3) is 11.2 Å². The molecule has 140 valence electrons. The summed E-state index contributed by atoms with van der Waals surface area (Å²) in [5.74, 6) is 0.387. The van der Waals surface area contributed by atoms with Gasteiger partial charge in [-0.3, -0.25) is 4.57 Å². The van der Waals surface area contributed by atoms with Crippen LogP contribution in [-0.2, 0) is 4.74 Å². The first-order chi connectivity index (χ1) is 11.7. The number of likely N-dealkylation sites (N-methyl/N-ethyl adjacent to an activating group) is 1. The van der Waals surface area contributed by atoms with E-state index >= 15 is 0 Å². The molecule has 0 aliphatic carbocycles. The SMILES string of the molecule is CC.CC.CC.CCN(C)CC(OC)n1cnc2c(N)ncnc21. The van der Waals surface area contributed by atoms with E-state index in [9.17, 15) is 0 Å². The fraction of sp³-hybridized carbons (Fsp3) is 0.706. The number of hydrogen-bond donors (Lipinski definition) is 1. The topological polar surface area (TPSA) is 82.1 Å². The predicted octanol–water partition coefficient (Wildman–Crippen LogP) is 3.58. The van der Waals surface area contributed by atoms with Gasteiger partial charge < -0.3 is 15.4 Å². The Labute approximate surface area is 147 Å². The molecule has 0 saturated carbocycles. The molecule has 0 aromatic carbocycles. The van der Waals surface area contributed by atoms with Gasteiger partial charge in [0, 0.05) is 13.7 Å². The molecular weight excluding hydrogens is 304 g/mol. The number of hydrogen-bond acceptors (Lipinski definition) is 6. The lowest BCUT2D eigenvalue weighted by molar-refractivity contribution is 0.0219. The zero-order valence-corrected chi connectivity index (χ0v) is 16.9. The van der Waals surface area contributed by atoms with Gasteiger partial charge in [-0.25, -0.2) is 15.0 Å². The van der Waals surface area contributed by atoms with Crippen molar-refractivity contribution in [3.8, 4) is 0 Å². The van der Waals surface area contributed by atoms with Crippen molar-refractivity contribution in [2.24, 2.45) is 0 Å². The first-order valence-corrected chi connectivity index (χ1v) is 8.81. The van der Waals surface area contributed by atoms with Crippen molar-refractivity contribution in [2.45, 2.75) is 54.7 Å². The molecule has 7 heteroatoms. The number of nitrogen functional groups attached to an aromatic ring is 1. The molecule has 0 saturated heterocycles. The molecule has 24 heavy (non-hydrogen) atoms. The molecule has 1 unspecified atom stereocenters. The van der Waals surface area contributed by atoms with E-state index < -0.39 is 0 Å². The fourth-order valence-electron chi connectivity index (χ4n) is 1.75. The third-order valence-corrected chi connectivity index (χ3v) is 2.98. The number of fused-ring (bicyclic) bond motifs is 1. The average molecular weight is 341 g/mol. The standard InChI is InChI=1S/C11H18N6O.3C2H6/c1-4-16(2)5-8(18-3)17-7-15-9-10(12)13-6-14-11(9)17;3*1-2/h6-8H,4-5H2,1-3H3,(H2,12,13,14);3*1-2H3. The molecule has 2 N–H and O–H groups in total. The van der Waals surface area contributed by atoms with Crippen LogP contribution in [0, 0.1) is 0 Å². The van der Waals surface area contributed by atoms with E-state index in [2.05, 4.69) is 26.8 Å². The Balaban J connectivity index is 0. The van der Waals surface area contributed by atoms with Gasteiger partial charge in [0.25, 0.3) is 0 Å². The highest BCUT2D eigenvalue weighted by Crippen LogP contribution is 2.19. The van der Waals surface area contributed by atoms with Crippen LogP contribution in [0.1, 0.15) is 54.7 Å². The summed E-state index contributed by atoms with van der Waals surface area (Å²) in [6.45, 7) is 15.8. The number of methoxy groups -OCH3 is 1. The van der Waals surface area contributed by atoms with Gasteiger partial charge in [0.15, 0.2) is 11.5 Å². The van der Waals surface area contributed by atoms with Gasteiger partial charge in [-0.1, -0.05) is 48.5 Å². The summed E-state index contributed by atoms with van der Waals surface area (Å²) in [5.41, 5.74) is 7.06. The first kappa shape index (κ1) is 24.5. The smallest absolute Gasteiger partial charge is 0.167 e. The Hall–Kier alpha value is -1.73. The molecule has 0 aliphatic heterocycles. The predicted molar refractivity (Wildman–Crippen MR) is 103 cm³/mol. The normalized spacial score (nSPS) is 10.8. The van der Waals surface area contributed by atoms with Crippen LogP contribution in [0.4, 0.5) is 5.82 Å². The summed E-state index contributed by atoms with van der Waals surface area (Å²) < 4.78 is 7.37. The molecule has 0 aliphatic rings. The number of aromatic nitrogens is 4. The molecule has 0 radical (unpaired) electrons. The summed E-state index contributed by atoms with van der Waals surface area (Å²) in [6, 6.07) is 0. The third-order valence-electron chi connectivity index (χ3n) is 2.98.